The standard InChI is InChI=1S/C14H28O2.Ba.Cd.2H/c1-2-3-4-5-6-7-8-9-10-11-12-13-14(15)16;;;;/h2-13H2,1H3,(H,15,16);;;;/q;+2;;2*-1. The maximum Gasteiger partial charge on any atom is 2.00 e. The maximum atomic E-state index is 10.3. The van der Waals surface area contributed by atoms with Crippen LogP contribution in [0, 0.1) is 0 Å². The van der Waals surface area contributed by atoms with E-state index < -0.39 is 5.97 Å². The first-order valence-electron chi connectivity index (χ1n) is 6.99. The Kier molecular flexibility index (Phi) is 29.5. The van der Waals surface area contributed by atoms with Gasteiger partial charge in [0.05, 0.1) is 0 Å². The van der Waals surface area contributed by atoms with Gasteiger partial charge in [0.15, 0.2) is 0 Å². The summed E-state index contributed by atoms with van der Waals surface area (Å²) in [5.41, 5.74) is 0. The van der Waals surface area contributed by atoms with Crippen molar-refractivity contribution in [1.82, 2.24) is 0 Å². The van der Waals surface area contributed by atoms with Crippen molar-refractivity contribution in [2.24, 2.45) is 0 Å². The summed E-state index contributed by atoms with van der Waals surface area (Å²) in [4.78, 5) is 10.3. The van der Waals surface area contributed by atoms with Crippen LogP contribution < -0.4 is 0 Å². The van der Waals surface area contributed by atoms with Crippen molar-refractivity contribution >= 4 is 54.9 Å². The van der Waals surface area contributed by atoms with Crippen molar-refractivity contribution in [1.29, 1.82) is 0 Å². The molecule has 0 radical (unpaired) electrons. The maximum absolute atomic E-state index is 10.3. The minimum atomic E-state index is -0.657. The van der Waals surface area contributed by atoms with Gasteiger partial charge in [-0.25, -0.2) is 0 Å². The molecule has 18 heavy (non-hydrogen) atoms. The average molecular weight is 480 g/mol. The van der Waals surface area contributed by atoms with Crippen molar-refractivity contribution in [2.45, 2.75) is 84.0 Å². The van der Waals surface area contributed by atoms with Gasteiger partial charge in [-0.2, -0.15) is 0 Å². The normalized spacial score (nSPS) is 9.39. The van der Waals surface area contributed by atoms with E-state index in [0.29, 0.717) is 6.42 Å². The second kappa shape index (κ2) is 21.3. The fourth-order valence-corrected chi connectivity index (χ4v) is 1.94. The first-order chi connectivity index (χ1) is 7.77. The zero-order chi connectivity index (χ0) is 12.1. The van der Waals surface area contributed by atoms with Gasteiger partial charge in [-0.05, 0) is 6.42 Å². The molecule has 102 valence electrons. The third-order valence-electron chi connectivity index (χ3n) is 2.99. The number of rotatable bonds is 12. The molecule has 0 saturated heterocycles. The molecule has 0 aliphatic carbocycles. The van der Waals surface area contributed by atoms with Crippen LogP contribution in [0.1, 0.15) is 86.8 Å². The van der Waals surface area contributed by atoms with Crippen LogP contribution in [0.2, 0.25) is 0 Å². The minimum absolute atomic E-state index is 0. The SMILES string of the molecule is CCCCCCCCCCCCCC(=O)O.[Ba+2].[Cd].[H-].[H-]. The molecule has 1 N–H and O–H groups in total. The second-order valence-corrected chi connectivity index (χ2v) is 4.68. The zero-order valence-corrected chi connectivity index (χ0v) is 20.7. The Balaban J connectivity index is -0.000000187. The van der Waals surface area contributed by atoms with E-state index in [2.05, 4.69) is 6.92 Å². The Morgan fingerprint density at radius 3 is 1.50 bits per heavy atom. The van der Waals surface area contributed by atoms with Crippen molar-refractivity contribution in [3.8, 4) is 0 Å². The monoisotopic (exact) mass is 482 g/mol. The molecule has 0 aromatic rings. The van der Waals surface area contributed by atoms with E-state index in [9.17, 15) is 4.79 Å². The van der Waals surface area contributed by atoms with Crippen LogP contribution >= 0.6 is 0 Å². The van der Waals surface area contributed by atoms with Crippen LogP contribution in [0.3, 0.4) is 0 Å². The summed E-state index contributed by atoms with van der Waals surface area (Å²) in [6.45, 7) is 2.25. The summed E-state index contributed by atoms with van der Waals surface area (Å²) in [5.74, 6) is -0.657. The summed E-state index contributed by atoms with van der Waals surface area (Å²) in [6.07, 6.45) is 14.4. The van der Waals surface area contributed by atoms with Crippen LogP contribution in [0.25, 0.3) is 0 Å². The molecule has 0 aromatic heterocycles. The third kappa shape index (κ3) is 23.1. The minimum Gasteiger partial charge on any atom is -1.00 e. The van der Waals surface area contributed by atoms with Gasteiger partial charge in [-0.15, -0.1) is 0 Å². The fourth-order valence-electron chi connectivity index (χ4n) is 1.94. The Bertz CT molecular complexity index is 175. The first kappa shape index (κ1) is 24.9. The van der Waals surface area contributed by atoms with Crippen LogP contribution in [-0.4, -0.2) is 60.0 Å². The van der Waals surface area contributed by atoms with E-state index in [1.54, 1.807) is 0 Å². The van der Waals surface area contributed by atoms with E-state index >= 15 is 0 Å². The van der Waals surface area contributed by atoms with Gasteiger partial charge >= 0.3 is 54.9 Å². The summed E-state index contributed by atoms with van der Waals surface area (Å²) in [7, 11) is 0. The Morgan fingerprint density at radius 1 is 0.833 bits per heavy atom. The average Bonchev–Trinajstić information content (AvgIpc) is 2.25. The zero-order valence-electron chi connectivity index (χ0n) is 14.3. The number of hydrogen-bond donors (Lipinski definition) is 1. The molecule has 0 aliphatic heterocycles. The molecule has 0 fully saturated rings. The summed E-state index contributed by atoms with van der Waals surface area (Å²) < 4.78 is 0. The predicted molar refractivity (Wildman–Crippen MR) is 76.7 cm³/mol. The Hall–Kier alpha value is 1.96. The molecule has 0 spiro atoms. The molecule has 0 atom stereocenters. The fraction of sp³-hybridized carbons (Fsp3) is 0.929. The van der Waals surface area contributed by atoms with Crippen LogP contribution in [0.4, 0.5) is 0 Å². The summed E-state index contributed by atoms with van der Waals surface area (Å²) in [5, 5.41) is 8.46. The van der Waals surface area contributed by atoms with E-state index in [0.717, 1.165) is 12.8 Å². The molecule has 0 unspecified atom stereocenters. The predicted octanol–water partition coefficient (Wildman–Crippen LogP) is 4.61. The summed E-state index contributed by atoms with van der Waals surface area (Å²) in [6, 6.07) is 0. The van der Waals surface area contributed by atoms with Gasteiger partial charge in [-0.3, -0.25) is 4.79 Å². The number of carbonyl (C=O) groups is 1. The number of carboxylic acid groups (broad SMARTS) is 1. The number of carboxylic acids is 1. The van der Waals surface area contributed by atoms with E-state index in [4.69, 9.17) is 5.11 Å². The molecular weight excluding hydrogens is 450 g/mol. The van der Waals surface area contributed by atoms with Crippen molar-refractivity contribution in [3.63, 3.8) is 0 Å². The van der Waals surface area contributed by atoms with E-state index in [1.807, 2.05) is 0 Å². The van der Waals surface area contributed by atoms with Crippen LogP contribution in [0.15, 0.2) is 0 Å². The molecule has 0 aromatic carbocycles. The number of aliphatic carboxylic acids is 1. The van der Waals surface area contributed by atoms with Gasteiger partial charge < -0.3 is 7.96 Å². The quantitative estimate of drug-likeness (QED) is 0.327. The number of hydrogen-bond acceptors (Lipinski definition) is 1. The van der Waals surface area contributed by atoms with Gasteiger partial charge in [0.25, 0.3) is 0 Å². The summed E-state index contributed by atoms with van der Waals surface area (Å²) >= 11 is 0. The molecule has 0 heterocycles. The van der Waals surface area contributed by atoms with Crippen LogP contribution in [0.5, 0.6) is 0 Å². The Labute approximate surface area is 176 Å². The largest absolute Gasteiger partial charge is 2.00 e. The Morgan fingerprint density at radius 2 is 1.17 bits per heavy atom. The third-order valence-corrected chi connectivity index (χ3v) is 2.99. The van der Waals surface area contributed by atoms with Gasteiger partial charge in [0.2, 0.25) is 0 Å². The number of unbranched alkanes of at least 4 members (excludes halogenated alkanes) is 10. The van der Waals surface area contributed by atoms with E-state index in [1.165, 1.54) is 57.8 Å². The molecule has 0 bridgehead atoms. The van der Waals surface area contributed by atoms with Gasteiger partial charge in [-0.1, -0.05) is 71.1 Å². The first-order valence-corrected chi connectivity index (χ1v) is 6.99. The molecule has 0 amide bonds. The molecular formula is C14H30BaCdO2. The smallest absolute Gasteiger partial charge is 1.00 e. The molecule has 2 nitrogen and oxygen atoms in total. The topological polar surface area (TPSA) is 37.3 Å². The van der Waals surface area contributed by atoms with Crippen molar-refractivity contribution in [2.75, 3.05) is 0 Å². The van der Waals surface area contributed by atoms with Gasteiger partial charge in [0, 0.05) is 33.7 Å². The molecule has 0 saturated carbocycles. The van der Waals surface area contributed by atoms with E-state index in [-0.39, 0.29) is 79.0 Å². The second-order valence-electron chi connectivity index (χ2n) is 4.68. The van der Waals surface area contributed by atoms with Crippen LogP contribution in [-0.2, 0) is 32.1 Å². The molecule has 0 rings (SSSR count). The molecule has 4 heteroatoms. The van der Waals surface area contributed by atoms with Gasteiger partial charge in [0.1, 0.15) is 0 Å². The molecule has 0 aliphatic rings. The van der Waals surface area contributed by atoms with Crippen molar-refractivity contribution < 1.29 is 40.1 Å². The van der Waals surface area contributed by atoms with Crippen molar-refractivity contribution in [3.05, 3.63) is 0 Å².